The van der Waals surface area contributed by atoms with E-state index in [1.807, 2.05) is 24.3 Å². The fraction of sp³-hybridized carbons (Fsp3) is 0.450. The maximum Gasteiger partial charge on any atom is 0.180 e. The van der Waals surface area contributed by atoms with E-state index in [-0.39, 0.29) is 12.4 Å². The number of halogens is 2. The van der Waals surface area contributed by atoms with Crippen molar-refractivity contribution >= 4 is 24.0 Å². The zero-order valence-electron chi connectivity index (χ0n) is 16.0. The first-order valence-electron chi connectivity index (χ1n) is 9.15. The molecule has 0 atom stereocenters. The Bertz CT molecular complexity index is 713. The summed E-state index contributed by atoms with van der Waals surface area (Å²) in [6.07, 6.45) is 3.51. The zero-order valence-corrected chi connectivity index (χ0v) is 17.6. The van der Waals surface area contributed by atoms with Crippen LogP contribution < -0.4 is 14.8 Å². The highest BCUT2D eigenvalue weighted by molar-refractivity contribution is 6.32. The number of ether oxygens (including phenoxy) is 3. The monoisotopic (exact) mass is 427 g/mol. The van der Waals surface area contributed by atoms with Gasteiger partial charge in [0.2, 0.25) is 0 Å². The number of nitrogens with zero attached hydrogens (tertiary/aromatic N) is 2. The molecule has 2 aromatic rings. The maximum absolute atomic E-state index is 6.44. The number of morpholine rings is 1. The van der Waals surface area contributed by atoms with Crippen LogP contribution in [0.25, 0.3) is 0 Å². The van der Waals surface area contributed by atoms with Crippen molar-refractivity contribution in [2.45, 2.75) is 13.2 Å². The molecule has 0 spiro atoms. The average Bonchev–Trinajstić information content (AvgIpc) is 2.71. The molecular weight excluding hydrogens is 401 g/mol. The van der Waals surface area contributed by atoms with Crippen molar-refractivity contribution in [1.82, 2.24) is 15.2 Å². The molecule has 6 nitrogen and oxygen atoms in total. The highest BCUT2D eigenvalue weighted by Gasteiger charge is 2.13. The summed E-state index contributed by atoms with van der Waals surface area (Å²) in [4.78, 5) is 6.49. The van der Waals surface area contributed by atoms with Crippen molar-refractivity contribution in [3.8, 4) is 11.5 Å². The first-order valence-corrected chi connectivity index (χ1v) is 9.53. The van der Waals surface area contributed by atoms with Crippen LogP contribution in [0.15, 0.2) is 36.7 Å². The number of pyridine rings is 1. The first-order chi connectivity index (χ1) is 13.3. The van der Waals surface area contributed by atoms with Crippen molar-refractivity contribution in [1.29, 1.82) is 0 Å². The molecule has 0 bridgehead atoms. The number of aromatic nitrogens is 1. The van der Waals surface area contributed by atoms with Gasteiger partial charge < -0.3 is 19.5 Å². The molecule has 1 aromatic carbocycles. The normalized spacial score (nSPS) is 14.4. The van der Waals surface area contributed by atoms with E-state index in [1.54, 1.807) is 19.5 Å². The third-order valence-electron chi connectivity index (χ3n) is 4.43. The van der Waals surface area contributed by atoms with Crippen LogP contribution in [-0.2, 0) is 17.9 Å². The Hall–Kier alpha value is -1.57. The van der Waals surface area contributed by atoms with Gasteiger partial charge in [0.15, 0.2) is 11.5 Å². The SMILES string of the molecule is COc1cc(CNCCN2CCOCC2)cc(Cl)c1OCc1cccnc1.Cl. The minimum atomic E-state index is 0. The van der Waals surface area contributed by atoms with Gasteiger partial charge in [-0.2, -0.15) is 0 Å². The highest BCUT2D eigenvalue weighted by Crippen LogP contribution is 2.36. The van der Waals surface area contributed by atoms with Crippen molar-refractivity contribution in [3.63, 3.8) is 0 Å². The Labute approximate surface area is 177 Å². The van der Waals surface area contributed by atoms with E-state index >= 15 is 0 Å². The molecule has 0 aliphatic carbocycles. The number of methoxy groups -OCH3 is 1. The summed E-state index contributed by atoms with van der Waals surface area (Å²) in [5.74, 6) is 1.19. The quantitative estimate of drug-likeness (QED) is 0.620. The van der Waals surface area contributed by atoms with Crippen LogP contribution in [0.1, 0.15) is 11.1 Å². The minimum Gasteiger partial charge on any atom is -0.493 e. The van der Waals surface area contributed by atoms with Gasteiger partial charge in [0, 0.05) is 50.7 Å². The smallest absolute Gasteiger partial charge is 0.180 e. The summed E-state index contributed by atoms with van der Waals surface area (Å²) in [6, 6.07) is 7.72. The molecule has 28 heavy (non-hydrogen) atoms. The average molecular weight is 428 g/mol. The van der Waals surface area contributed by atoms with Crippen LogP contribution in [0.2, 0.25) is 5.02 Å². The van der Waals surface area contributed by atoms with E-state index in [9.17, 15) is 0 Å². The second-order valence-electron chi connectivity index (χ2n) is 6.39. The molecule has 0 radical (unpaired) electrons. The van der Waals surface area contributed by atoms with E-state index in [1.165, 1.54) is 0 Å². The van der Waals surface area contributed by atoms with Crippen LogP contribution in [0.4, 0.5) is 0 Å². The summed E-state index contributed by atoms with van der Waals surface area (Å²) in [5.41, 5.74) is 2.04. The van der Waals surface area contributed by atoms with E-state index in [4.69, 9.17) is 25.8 Å². The molecule has 0 unspecified atom stereocenters. The Morgan fingerprint density at radius 2 is 2.07 bits per heavy atom. The Balaban J connectivity index is 0.00000280. The maximum atomic E-state index is 6.44. The Morgan fingerprint density at radius 3 is 2.79 bits per heavy atom. The summed E-state index contributed by atoms with van der Waals surface area (Å²) >= 11 is 6.44. The van der Waals surface area contributed by atoms with Crippen molar-refractivity contribution in [2.75, 3.05) is 46.5 Å². The van der Waals surface area contributed by atoms with Gasteiger partial charge in [-0.25, -0.2) is 0 Å². The molecule has 1 saturated heterocycles. The third-order valence-corrected chi connectivity index (χ3v) is 4.71. The number of hydrogen-bond acceptors (Lipinski definition) is 6. The molecule has 0 amide bonds. The predicted molar refractivity (Wildman–Crippen MR) is 113 cm³/mol. The van der Waals surface area contributed by atoms with Crippen LogP contribution in [0.3, 0.4) is 0 Å². The topological polar surface area (TPSA) is 55.9 Å². The fourth-order valence-electron chi connectivity index (χ4n) is 2.95. The molecule has 154 valence electrons. The Kier molecular flexibility index (Phi) is 9.81. The largest absolute Gasteiger partial charge is 0.493 e. The molecule has 1 N–H and O–H groups in total. The number of benzene rings is 1. The lowest BCUT2D eigenvalue weighted by Gasteiger charge is -2.26. The van der Waals surface area contributed by atoms with E-state index in [2.05, 4.69) is 15.2 Å². The lowest BCUT2D eigenvalue weighted by atomic mass is 10.2. The van der Waals surface area contributed by atoms with Crippen molar-refractivity contribution in [2.24, 2.45) is 0 Å². The van der Waals surface area contributed by atoms with E-state index in [0.717, 1.165) is 57.1 Å². The standard InChI is InChI=1S/C20H26ClN3O3.ClH/c1-25-19-12-17(14-23-5-6-24-7-9-26-10-8-24)11-18(21)20(19)27-15-16-3-2-4-22-13-16;/h2-4,11-13,23H,5-10,14-15H2,1H3;1H. The van der Waals surface area contributed by atoms with Gasteiger partial charge in [0.1, 0.15) is 6.61 Å². The van der Waals surface area contributed by atoms with Gasteiger partial charge in [0.25, 0.3) is 0 Å². The van der Waals surface area contributed by atoms with Gasteiger partial charge in [-0.05, 0) is 23.8 Å². The lowest BCUT2D eigenvalue weighted by molar-refractivity contribution is 0.0384. The Morgan fingerprint density at radius 1 is 1.25 bits per heavy atom. The van der Waals surface area contributed by atoms with Gasteiger partial charge in [0.05, 0.1) is 25.3 Å². The summed E-state index contributed by atoms with van der Waals surface area (Å²) in [7, 11) is 1.62. The summed E-state index contributed by atoms with van der Waals surface area (Å²) in [6.45, 7) is 6.71. The molecule has 1 aliphatic heterocycles. The number of hydrogen-bond donors (Lipinski definition) is 1. The lowest BCUT2D eigenvalue weighted by Crippen LogP contribution is -2.40. The highest BCUT2D eigenvalue weighted by atomic mass is 35.5. The van der Waals surface area contributed by atoms with Gasteiger partial charge in [-0.15, -0.1) is 12.4 Å². The van der Waals surface area contributed by atoms with Crippen molar-refractivity contribution in [3.05, 3.63) is 52.8 Å². The first kappa shape index (κ1) is 22.7. The molecule has 1 aliphatic rings. The summed E-state index contributed by atoms with van der Waals surface area (Å²) < 4.78 is 16.7. The molecule has 0 saturated carbocycles. The van der Waals surface area contributed by atoms with Gasteiger partial charge >= 0.3 is 0 Å². The molecule has 3 rings (SSSR count). The van der Waals surface area contributed by atoms with Crippen LogP contribution >= 0.6 is 24.0 Å². The molecule has 2 heterocycles. The molecule has 1 fully saturated rings. The van der Waals surface area contributed by atoms with Crippen LogP contribution in [-0.4, -0.2) is 56.4 Å². The number of nitrogens with one attached hydrogen (secondary N) is 1. The van der Waals surface area contributed by atoms with Gasteiger partial charge in [-0.1, -0.05) is 17.7 Å². The molecule has 8 heteroatoms. The second-order valence-corrected chi connectivity index (χ2v) is 6.80. The predicted octanol–water partition coefficient (Wildman–Crippen LogP) is 3.17. The second kappa shape index (κ2) is 12.1. The van der Waals surface area contributed by atoms with E-state index < -0.39 is 0 Å². The minimum absolute atomic E-state index is 0. The van der Waals surface area contributed by atoms with E-state index in [0.29, 0.717) is 23.1 Å². The third kappa shape index (κ3) is 6.79. The zero-order chi connectivity index (χ0) is 18.9. The summed E-state index contributed by atoms with van der Waals surface area (Å²) in [5, 5.41) is 4.00. The van der Waals surface area contributed by atoms with Crippen LogP contribution in [0.5, 0.6) is 11.5 Å². The molecular formula is C20H27Cl2N3O3. The van der Waals surface area contributed by atoms with Crippen molar-refractivity contribution < 1.29 is 14.2 Å². The van der Waals surface area contributed by atoms with Gasteiger partial charge in [-0.3, -0.25) is 9.88 Å². The fourth-order valence-corrected chi connectivity index (χ4v) is 3.24. The molecule has 1 aromatic heterocycles. The van der Waals surface area contributed by atoms with Crippen LogP contribution in [0, 0.1) is 0 Å². The number of rotatable bonds is 9.